The van der Waals surface area contributed by atoms with Gasteiger partial charge in [0.15, 0.2) is 0 Å². The van der Waals surface area contributed by atoms with Gasteiger partial charge in [0.1, 0.15) is 0 Å². The van der Waals surface area contributed by atoms with E-state index in [0.29, 0.717) is 6.04 Å². The molecule has 2 N–H and O–H groups in total. The maximum atomic E-state index is 9.09. The summed E-state index contributed by atoms with van der Waals surface area (Å²) in [5.41, 5.74) is 0. The summed E-state index contributed by atoms with van der Waals surface area (Å²) < 4.78 is 0. The Bertz CT molecular complexity index is 128. The second-order valence-electron chi connectivity index (χ2n) is 3.67. The van der Waals surface area contributed by atoms with E-state index >= 15 is 0 Å². The van der Waals surface area contributed by atoms with Crippen LogP contribution in [0.25, 0.3) is 0 Å². The average molecular weight is 172 g/mol. The van der Waals surface area contributed by atoms with Crippen molar-refractivity contribution in [1.29, 1.82) is 0 Å². The molecule has 0 aromatic carbocycles. The molecule has 1 saturated heterocycles. The van der Waals surface area contributed by atoms with Crippen LogP contribution < -0.4 is 5.32 Å². The topological polar surface area (TPSA) is 35.5 Å². The summed E-state index contributed by atoms with van der Waals surface area (Å²) in [6, 6.07) is 0.716. The highest BCUT2D eigenvalue weighted by atomic mass is 16.3. The average Bonchev–Trinajstić information content (AvgIpc) is 1.98. The molecule has 0 radical (unpaired) electrons. The minimum absolute atomic E-state index is 0.152. The molecule has 1 fully saturated rings. The van der Waals surface area contributed by atoms with Gasteiger partial charge in [0.2, 0.25) is 0 Å². The van der Waals surface area contributed by atoms with Crippen molar-refractivity contribution in [2.45, 2.75) is 31.9 Å². The van der Waals surface area contributed by atoms with Crippen molar-refractivity contribution >= 4 is 0 Å². The standard InChI is InChI=1S/C9H20N2O/c1-8(12)3-5-11-6-4-9(11)7-10-2/h8-10,12H,3-7H2,1-2H3. The Hall–Kier alpha value is -0.120. The summed E-state index contributed by atoms with van der Waals surface area (Å²) in [5, 5.41) is 12.3. The van der Waals surface area contributed by atoms with Crippen LogP contribution >= 0.6 is 0 Å². The lowest BCUT2D eigenvalue weighted by Crippen LogP contribution is -2.52. The molecule has 0 saturated carbocycles. The van der Waals surface area contributed by atoms with Crippen LogP contribution in [0, 0.1) is 0 Å². The second kappa shape index (κ2) is 4.80. The molecule has 0 bridgehead atoms. The van der Waals surface area contributed by atoms with Crippen molar-refractivity contribution in [3.05, 3.63) is 0 Å². The van der Waals surface area contributed by atoms with Gasteiger partial charge in [-0.2, -0.15) is 0 Å². The molecular formula is C9H20N2O. The molecule has 12 heavy (non-hydrogen) atoms. The Labute approximate surface area is 74.8 Å². The summed E-state index contributed by atoms with van der Waals surface area (Å²) in [4.78, 5) is 2.43. The smallest absolute Gasteiger partial charge is 0.0524 e. The summed E-state index contributed by atoms with van der Waals surface area (Å²) in [7, 11) is 1.99. The first-order chi connectivity index (χ1) is 5.74. The van der Waals surface area contributed by atoms with Crippen LogP contribution in [-0.2, 0) is 0 Å². The van der Waals surface area contributed by atoms with E-state index in [0.717, 1.165) is 19.5 Å². The molecule has 0 aliphatic carbocycles. The lowest BCUT2D eigenvalue weighted by Gasteiger charge is -2.41. The van der Waals surface area contributed by atoms with E-state index < -0.39 is 0 Å². The first-order valence-electron chi connectivity index (χ1n) is 4.80. The van der Waals surface area contributed by atoms with Crippen molar-refractivity contribution in [2.24, 2.45) is 0 Å². The van der Waals surface area contributed by atoms with Crippen LogP contribution in [0.3, 0.4) is 0 Å². The fourth-order valence-electron chi connectivity index (χ4n) is 1.61. The first-order valence-corrected chi connectivity index (χ1v) is 4.80. The fourth-order valence-corrected chi connectivity index (χ4v) is 1.61. The molecule has 72 valence electrons. The molecule has 0 spiro atoms. The maximum Gasteiger partial charge on any atom is 0.0524 e. The fraction of sp³-hybridized carbons (Fsp3) is 1.00. The minimum Gasteiger partial charge on any atom is -0.393 e. The number of hydrogen-bond acceptors (Lipinski definition) is 3. The third kappa shape index (κ3) is 2.73. The van der Waals surface area contributed by atoms with Crippen LogP contribution in [0.4, 0.5) is 0 Å². The zero-order valence-corrected chi connectivity index (χ0v) is 8.08. The Morgan fingerprint density at radius 2 is 2.42 bits per heavy atom. The molecule has 2 unspecified atom stereocenters. The van der Waals surface area contributed by atoms with Gasteiger partial charge in [-0.1, -0.05) is 0 Å². The Morgan fingerprint density at radius 3 is 2.83 bits per heavy atom. The molecule has 1 heterocycles. The van der Waals surface area contributed by atoms with Crippen LogP contribution in [0.2, 0.25) is 0 Å². The Balaban J connectivity index is 2.08. The highest BCUT2D eigenvalue weighted by Crippen LogP contribution is 2.16. The van der Waals surface area contributed by atoms with E-state index in [4.69, 9.17) is 5.11 Å². The zero-order chi connectivity index (χ0) is 8.97. The number of likely N-dealkylation sites (tertiary alicyclic amines) is 1. The van der Waals surface area contributed by atoms with Gasteiger partial charge in [-0.25, -0.2) is 0 Å². The van der Waals surface area contributed by atoms with Crippen LogP contribution in [-0.4, -0.2) is 48.8 Å². The van der Waals surface area contributed by atoms with Gasteiger partial charge in [0.25, 0.3) is 0 Å². The summed E-state index contributed by atoms with van der Waals surface area (Å²) >= 11 is 0. The van der Waals surface area contributed by atoms with E-state index in [2.05, 4.69) is 10.2 Å². The quantitative estimate of drug-likeness (QED) is 0.615. The third-order valence-electron chi connectivity index (χ3n) is 2.54. The molecular weight excluding hydrogens is 152 g/mol. The van der Waals surface area contributed by atoms with E-state index in [1.807, 2.05) is 14.0 Å². The van der Waals surface area contributed by atoms with Crippen LogP contribution in [0.1, 0.15) is 19.8 Å². The van der Waals surface area contributed by atoms with Gasteiger partial charge in [0.05, 0.1) is 6.10 Å². The third-order valence-corrected chi connectivity index (χ3v) is 2.54. The largest absolute Gasteiger partial charge is 0.393 e. The molecule has 0 aromatic rings. The van der Waals surface area contributed by atoms with Gasteiger partial charge in [-0.3, -0.25) is 4.90 Å². The number of nitrogens with zero attached hydrogens (tertiary/aromatic N) is 1. The molecule has 0 amide bonds. The monoisotopic (exact) mass is 172 g/mol. The normalized spacial score (nSPS) is 26.8. The van der Waals surface area contributed by atoms with Crippen molar-refractivity contribution < 1.29 is 5.11 Å². The van der Waals surface area contributed by atoms with Gasteiger partial charge in [0, 0.05) is 25.7 Å². The van der Waals surface area contributed by atoms with Crippen molar-refractivity contribution in [2.75, 3.05) is 26.7 Å². The van der Waals surface area contributed by atoms with Gasteiger partial charge >= 0.3 is 0 Å². The molecule has 1 aliphatic heterocycles. The van der Waals surface area contributed by atoms with Crippen molar-refractivity contribution in [1.82, 2.24) is 10.2 Å². The number of likely N-dealkylation sites (N-methyl/N-ethyl adjacent to an activating group) is 1. The highest BCUT2D eigenvalue weighted by Gasteiger charge is 2.26. The highest BCUT2D eigenvalue weighted by molar-refractivity contribution is 4.83. The summed E-state index contributed by atoms with van der Waals surface area (Å²) in [5.74, 6) is 0. The van der Waals surface area contributed by atoms with E-state index in [1.54, 1.807) is 0 Å². The summed E-state index contributed by atoms with van der Waals surface area (Å²) in [6.07, 6.45) is 2.06. The van der Waals surface area contributed by atoms with Crippen LogP contribution in [0.5, 0.6) is 0 Å². The molecule has 1 aliphatic rings. The SMILES string of the molecule is CNCC1CCN1CCC(C)O. The zero-order valence-electron chi connectivity index (χ0n) is 8.08. The number of hydrogen-bond donors (Lipinski definition) is 2. The predicted molar refractivity (Wildman–Crippen MR) is 50.2 cm³/mol. The summed E-state index contributed by atoms with van der Waals surface area (Å²) in [6.45, 7) is 5.19. The van der Waals surface area contributed by atoms with Gasteiger partial charge < -0.3 is 10.4 Å². The van der Waals surface area contributed by atoms with E-state index in [-0.39, 0.29) is 6.10 Å². The molecule has 1 rings (SSSR count). The van der Waals surface area contributed by atoms with Gasteiger partial charge in [-0.15, -0.1) is 0 Å². The first kappa shape index (κ1) is 9.96. The van der Waals surface area contributed by atoms with Crippen molar-refractivity contribution in [3.63, 3.8) is 0 Å². The van der Waals surface area contributed by atoms with Crippen molar-refractivity contribution in [3.8, 4) is 0 Å². The lowest BCUT2D eigenvalue weighted by atomic mass is 10.0. The number of aliphatic hydroxyl groups excluding tert-OH is 1. The Morgan fingerprint density at radius 1 is 1.67 bits per heavy atom. The maximum absolute atomic E-state index is 9.09. The van der Waals surface area contributed by atoms with Crippen LogP contribution in [0.15, 0.2) is 0 Å². The van der Waals surface area contributed by atoms with E-state index in [9.17, 15) is 0 Å². The molecule has 0 aromatic heterocycles. The Kier molecular flexibility index (Phi) is 3.98. The second-order valence-corrected chi connectivity index (χ2v) is 3.67. The number of nitrogens with one attached hydrogen (secondary N) is 1. The molecule has 3 nitrogen and oxygen atoms in total. The van der Waals surface area contributed by atoms with E-state index in [1.165, 1.54) is 13.0 Å². The lowest BCUT2D eigenvalue weighted by molar-refractivity contribution is 0.0694. The minimum atomic E-state index is -0.152. The number of rotatable bonds is 5. The number of aliphatic hydroxyl groups is 1. The predicted octanol–water partition coefficient (Wildman–Crippen LogP) is 0.0510. The molecule has 2 atom stereocenters. The molecule has 3 heteroatoms. The van der Waals surface area contributed by atoms with Gasteiger partial charge in [-0.05, 0) is 26.8 Å².